The van der Waals surface area contributed by atoms with E-state index in [4.69, 9.17) is 11.6 Å². The lowest BCUT2D eigenvalue weighted by molar-refractivity contribution is -0.137. The topological polar surface area (TPSA) is 54.9 Å². The van der Waals surface area contributed by atoms with Crippen molar-refractivity contribution in [2.45, 2.75) is 6.18 Å². The van der Waals surface area contributed by atoms with Crippen LogP contribution < -0.4 is 5.32 Å². The van der Waals surface area contributed by atoms with Gasteiger partial charge in [0.05, 0.1) is 10.6 Å². The fraction of sp³-hybridized carbons (Fsp3) is 0.0556. The van der Waals surface area contributed by atoms with E-state index in [1.54, 1.807) is 0 Å². The second-order valence-corrected chi connectivity index (χ2v) is 6.87. The number of nitrogens with zero attached hydrogens (tertiary/aromatic N) is 2. The molecule has 0 bridgehead atoms. The summed E-state index contributed by atoms with van der Waals surface area (Å²) in [4.78, 5) is 12.2. The average molecular weight is 428 g/mol. The van der Waals surface area contributed by atoms with Crippen molar-refractivity contribution in [3.05, 3.63) is 75.5 Å². The maximum absolute atomic E-state index is 12.9. The predicted octanol–water partition coefficient (Wildman–Crippen LogP) is 5.69. The molecule has 0 aliphatic carbocycles. The quantitative estimate of drug-likeness (QED) is 0.544. The fourth-order valence-electron chi connectivity index (χ4n) is 2.14. The zero-order valence-electron chi connectivity index (χ0n) is 13.8. The molecule has 0 saturated heterocycles. The molecule has 0 radical (unpaired) electrons. The van der Waals surface area contributed by atoms with Gasteiger partial charge in [-0.1, -0.05) is 35.1 Å². The monoisotopic (exact) mass is 427 g/mol. The first-order valence-electron chi connectivity index (χ1n) is 7.67. The predicted molar refractivity (Wildman–Crippen MR) is 99.4 cm³/mol. The number of alkyl halides is 3. The Morgan fingerprint density at radius 2 is 1.75 bits per heavy atom. The summed E-state index contributed by atoms with van der Waals surface area (Å²) in [6.45, 7) is 0. The minimum absolute atomic E-state index is 0.00471. The molecule has 144 valence electrons. The zero-order valence-corrected chi connectivity index (χ0v) is 15.4. The Morgan fingerprint density at radius 1 is 1.07 bits per heavy atom. The van der Waals surface area contributed by atoms with Crippen molar-refractivity contribution in [3.8, 4) is 0 Å². The van der Waals surface area contributed by atoms with Crippen LogP contribution in [0.4, 0.5) is 23.2 Å². The summed E-state index contributed by atoms with van der Waals surface area (Å²) >= 11 is 6.99. The highest BCUT2D eigenvalue weighted by molar-refractivity contribution is 7.15. The number of hydrogen-bond donors (Lipinski definition) is 1. The number of amides is 1. The molecule has 2 aromatic carbocycles. The van der Waals surface area contributed by atoms with Crippen molar-refractivity contribution in [2.24, 2.45) is 0 Å². The molecule has 10 heteroatoms. The third kappa shape index (κ3) is 4.93. The summed E-state index contributed by atoms with van der Waals surface area (Å²) < 4.78 is 51.2. The summed E-state index contributed by atoms with van der Waals surface area (Å²) in [5, 5.41) is 10.2. The van der Waals surface area contributed by atoms with Gasteiger partial charge in [-0.05, 0) is 48.0 Å². The maximum Gasteiger partial charge on any atom is 0.416 e. The highest BCUT2D eigenvalue weighted by Crippen LogP contribution is 2.31. The summed E-state index contributed by atoms with van der Waals surface area (Å²) in [7, 11) is 0. The number of rotatable bonds is 4. The Morgan fingerprint density at radius 3 is 2.43 bits per heavy atom. The third-order valence-electron chi connectivity index (χ3n) is 3.43. The Hall–Kier alpha value is -2.78. The Kier molecular flexibility index (Phi) is 5.76. The van der Waals surface area contributed by atoms with E-state index in [-0.39, 0.29) is 20.6 Å². The van der Waals surface area contributed by atoms with Gasteiger partial charge in [-0.3, -0.25) is 4.79 Å². The smallest absolute Gasteiger partial charge is 0.320 e. The van der Waals surface area contributed by atoms with Crippen LogP contribution in [-0.2, 0) is 6.18 Å². The summed E-state index contributed by atoms with van der Waals surface area (Å²) in [6.07, 6.45) is -3.16. The molecular weight excluding hydrogens is 418 g/mol. The number of halogens is 5. The lowest BCUT2D eigenvalue weighted by atomic mass is 10.1. The van der Waals surface area contributed by atoms with Crippen LogP contribution in [-0.4, -0.2) is 16.1 Å². The van der Waals surface area contributed by atoms with Gasteiger partial charge in [0.2, 0.25) is 5.01 Å². The van der Waals surface area contributed by atoms with Gasteiger partial charge in [0.15, 0.2) is 5.01 Å². The van der Waals surface area contributed by atoms with Crippen LogP contribution in [0, 0.1) is 5.82 Å². The molecule has 1 aromatic heterocycles. The first kappa shape index (κ1) is 20.0. The molecule has 4 nitrogen and oxygen atoms in total. The van der Waals surface area contributed by atoms with Crippen molar-refractivity contribution in [2.75, 3.05) is 5.32 Å². The molecule has 0 saturated carbocycles. The molecule has 1 amide bonds. The lowest BCUT2D eigenvalue weighted by Crippen LogP contribution is -2.11. The Labute approximate surface area is 165 Å². The van der Waals surface area contributed by atoms with Crippen LogP contribution in [0.25, 0.3) is 11.1 Å². The molecule has 3 aromatic rings. The lowest BCUT2D eigenvalue weighted by Gasteiger charge is -2.06. The van der Waals surface area contributed by atoms with E-state index >= 15 is 0 Å². The van der Waals surface area contributed by atoms with Gasteiger partial charge in [-0.25, -0.2) is 4.39 Å². The normalized spacial score (nSPS) is 12.1. The molecule has 0 aliphatic rings. The van der Waals surface area contributed by atoms with Gasteiger partial charge in [-0.2, -0.15) is 13.2 Å². The molecule has 0 spiro atoms. The molecule has 28 heavy (non-hydrogen) atoms. The Bertz CT molecular complexity index is 1030. The van der Waals surface area contributed by atoms with Gasteiger partial charge in [0.1, 0.15) is 5.82 Å². The first-order valence-corrected chi connectivity index (χ1v) is 8.87. The minimum atomic E-state index is -4.47. The molecule has 1 heterocycles. The van der Waals surface area contributed by atoms with E-state index < -0.39 is 23.5 Å². The molecule has 1 N–H and O–H groups in total. The largest absolute Gasteiger partial charge is 0.416 e. The first-order chi connectivity index (χ1) is 13.2. The van der Waals surface area contributed by atoms with E-state index in [0.717, 1.165) is 23.5 Å². The van der Waals surface area contributed by atoms with Crippen LogP contribution in [0.3, 0.4) is 0 Å². The number of nitrogens with one attached hydrogen (secondary N) is 1. The van der Waals surface area contributed by atoms with Crippen LogP contribution in [0.5, 0.6) is 0 Å². The van der Waals surface area contributed by atoms with E-state index in [2.05, 4.69) is 15.5 Å². The minimum Gasteiger partial charge on any atom is -0.320 e. The van der Waals surface area contributed by atoms with Crippen LogP contribution >= 0.6 is 22.9 Å². The van der Waals surface area contributed by atoms with Crippen LogP contribution in [0.2, 0.25) is 0 Å². The molecule has 0 aliphatic heterocycles. The number of anilines is 1. The summed E-state index contributed by atoms with van der Waals surface area (Å²) in [5.41, 5.74) is -0.205. The zero-order chi connectivity index (χ0) is 20.3. The highest BCUT2D eigenvalue weighted by Gasteiger charge is 2.30. The van der Waals surface area contributed by atoms with Crippen molar-refractivity contribution < 1.29 is 22.4 Å². The summed E-state index contributed by atoms with van der Waals surface area (Å²) in [6, 6.07) is 9.78. The van der Waals surface area contributed by atoms with Gasteiger partial charge < -0.3 is 5.32 Å². The SMILES string of the molecule is O=C(Nc1ccc(F)cc1)c1nnc(/C(Cl)=C/c2cccc(C(F)(F)F)c2)s1. The molecule has 3 rings (SSSR count). The van der Waals surface area contributed by atoms with E-state index in [9.17, 15) is 22.4 Å². The van der Waals surface area contributed by atoms with Gasteiger partial charge in [0.25, 0.3) is 5.91 Å². The van der Waals surface area contributed by atoms with Crippen molar-refractivity contribution >= 4 is 45.6 Å². The number of benzene rings is 2. The second-order valence-electron chi connectivity index (χ2n) is 5.49. The molecule has 0 atom stereocenters. The van der Waals surface area contributed by atoms with Crippen molar-refractivity contribution in [1.82, 2.24) is 10.2 Å². The van der Waals surface area contributed by atoms with Gasteiger partial charge >= 0.3 is 6.18 Å². The third-order valence-corrected chi connectivity index (χ3v) is 4.79. The van der Waals surface area contributed by atoms with Crippen molar-refractivity contribution in [1.29, 1.82) is 0 Å². The number of aromatic nitrogens is 2. The molecule has 0 fully saturated rings. The van der Waals surface area contributed by atoms with Gasteiger partial charge in [-0.15, -0.1) is 10.2 Å². The van der Waals surface area contributed by atoms with Gasteiger partial charge in [0, 0.05) is 5.69 Å². The number of hydrogen-bond acceptors (Lipinski definition) is 4. The van der Waals surface area contributed by atoms with Crippen LogP contribution in [0.15, 0.2) is 48.5 Å². The van der Waals surface area contributed by atoms with Crippen LogP contribution in [0.1, 0.15) is 25.9 Å². The van der Waals surface area contributed by atoms with Crippen molar-refractivity contribution in [3.63, 3.8) is 0 Å². The van der Waals surface area contributed by atoms with E-state index in [1.807, 2.05) is 0 Å². The second kappa shape index (κ2) is 8.07. The van der Waals surface area contributed by atoms with E-state index in [1.165, 1.54) is 42.5 Å². The number of carbonyl (C=O) groups excluding carboxylic acids is 1. The maximum atomic E-state index is 12.9. The highest BCUT2D eigenvalue weighted by atomic mass is 35.5. The standard InChI is InChI=1S/C18H10ClF4N3OS/c19-14(9-10-2-1-3-11(8-10)18(21,22)23)16-25-26-17(28-16)15(27)24-13-6-4-12(20)5-7-13/h1-9H,(H,24,27)/b14-9-. The molecular formula is C18H10ClF4N3OS. The summed E-state index contributed by atoms with van der Waals surface area (Å²) in [5.74, 6) is -1.01. The molecule has 0 unspecified atom stereocenters. The number of carbonyl (C=O) groups is 1. The van der Waals surface area contributed by atoms with E-state index in [0.29, 0.717) is 5.69 Å². The Balaban J connectivity index is 1.76. The average Bonchev–Trinajstić information content (AvgIpc) is 3.14. The fourth-order valence-corrected chi connectivity index (χ4v) is 3.07.